The van der Waals surface area contributed by atoms with Gasteiger partial charge < -0.3 is 24.3 Å². The van der Waals surface area contributed by atoms with E-state index in [-0.39, 0.29) is 31.3 Å². The van der Waals surface area contributed by atoms with E-state index in [0.29, 0.717) is 17.6 Å². The van der Waals surface area contributed by atoms with Crippen molar-refractivity contribution in [1.29, 1.82) is 0 Å². The number of alkyl halides is 3. The Bertz CT molecular complexity index is 1340. The molecule has 11 nitrogen and oxygen atoms in total. The van der Waals surface area contributed by atoms with Crippen LogP contribution in [0.25, 0.3) is 0 Å². The van der Waals surface area contributed by atoms with E-state index >= 15 is 0 Å². The number of anilines is 1. The highest BCUT2D eigenvalue weighted by Gasteiger charge is 2.63. The predicted octanol–water partition coefficient (Wildman–Crippen LogP) is 2.81. The number of likely N-dealkylation sites (tertiary alicyclic amines) is 1. The third-order valence-electron chi connectivity index (χ3n) is 6.08. The van der Waals surface area contributed by atoms with Crippen molar-refractivity contribution in [2.24, 2.45) is 5.92 Å². The lowest BCUT2D eigenvalue weighted by atomic mass is 9.86. The molecule has 202 valence electrons. The molecule has 0 spiro atoms. The van der Waals surface area contributed by atoms with Crippen molar-refractivity contribution in [3.63, 3.8) is 0 Å². The molecule has 0 radical (unpaired) electrons. The van der Waals surface area contributed by atoms with Crippen LogP contribution in [-0.4, -0.2) is 81.3 Å². The van der Waals surface area contributed by atoms with Crippen molar-refractivity contribution >= 4 is 46.6 Å². The van der Waals surface area contributed by atoms with Gasteiger partial charge in [-0.05, 0) is 24.3 Å². The predicted molar refractivity (Wildman–Crippen MR) is 127 cm³/mol. The van der Waals surface area contributed by atoms with Crippen molar-refractivity contribution in [2.75, 3.05) is 38.2 Å². The number of aromatic nitrogens is 3. The van der Waals surface area contributed by atoms with Crippen molar-refractivity contribution < 1.29 is 36.7 Å². The van der Waals surface area contributed by atoms with Crippen molar-refractivity contribution in [1.82, 2.24) is 24.6 Å². The maximum absolute atomic E-state index is 13.9. The number of nitrogens with one attached hydrogen (secondary N) is 1. The number of thiophene rings is 1. The van der Waals surface area contributed by atoms with Crippen LogP contribution in [0.3, 0.4) is 0 Å². The molecule has 16 heteroatoms. The van der Waals surface area contributed by atoms with E-state index in [4.69, 9.17) is 20.8 Å². The van der Waals surface area contributed by atoms with Crippen molar-refractivity contribution in [3.05, 3.63) is 51.3 Å². The summed E-state index contributed by atoms with van der Waals surface area (Å²) in [4.78, 5) is 45.5. The Morgan fingerprint density at radius 3 is 2.61 bits per heavy atom. The normalized spacial score (nSPS) is 19.9. The minimum Gasteiger partial charge on any atom is -0.459 e. The number of carbonyl (C=O) groups is 3. The second-order valence-corrected chi connectivity index (χ2v) is 10.3. The molecule has 0 bridgehead atoms. The van der Waals surface area contributed by atoms with E-state index in [0.717, 1.165) is 14.5 Å². The molecule has 0 saturated carbocycles. The number of carbonyl (C=O) groups excluding carboxylic acids is 3. The smallest absolute Gasteiger partial charge is 0.402 e. The Balaban J connectivity index is 1.46. The lowest BCUT2D eigenvalue weighted by Crippen LogP contribution is -2.63. The van der Waals surface area contributed by atoms with Crippen LogP contribution in [0, 0.1) is 5.92 Å². The molecule has 2 saturated heterocycles. The summed E-state index contributed by atoms with van der Waals surface area (Å²) in [7, 11) is 0. The number of amides is 2. The second kappa shape index (κ2) is 10.4. The van der Waals surface area contributed by atoms with Gasteiger partial charge >= 0.3 is 12.1 Å². The van der Waals surface area contributed by atoms with Crippen LogP contribution in [0.4, 0.5) is 19.1 Å². The Labute approximate surface area is 222 Å². The van der Waals surface area contributed by atoms with Gasteiger partial charge in [-0.15, -0.1) is 16.4 Å². The van der Waals surface area contributed by atoms with E-state index < -0.39 is 48.2 Å². The summed E-state index contributed by atoms with van der Waals surface area (Å²) in [5.41, 5.74) is 0. The van der Waals surface area contributed by atoms with E-state index in [2.05, 4.69) is 15.4 Å². The Morgan fingerprint density at radius 2 is 1.97 bits per heavy atom. The van der Waals surface area contributed by atoms with Gasteiger partial charge in [0, 0.05) is 18.0 Å². The highest BCUT2D eigenvalue weighted by molar-refractivity contribution is 7.16. The average Bonchev–Trinajstić information content (AvgIpc) is 3.65. The molecule has 1 N–H and O–H groups in total. The third-order valence-corrected chi connectivity index (χ3v) is 7.32. The van der Waals surface area contributed by atoms with Crippen molar-refractivity contribution in [2.45, 2.75) is 18.8 Å². The summed E-state index contributed by atoms with van der Waals surface area (Å²) in [6.07, 6.45) is -3.66. The first-order valence-electron chi connectivity index (χ1n) is 11.4. The lowest BCUT2D eigenvalue weighted by molar-refractivity contribution is -0.230. The van der Waals surface area contributed by atoms with Crippen LogP contribution in [0.2, 0.25) is 4.34 Å². The number of furan rings is 1. The van der Waals surface area contributed by atoms with Gasteiger partial charge in [-0.3, -0.25) is 14.4 Å². The highest BCUT2D eigenvalue weighted by atomic mass is 35.5. The Kier molecular flexibility index (Phi) is 7.15. The van der Waals surface area contributed by atoms with Crippen LogP contribution in [0.15, 0.2) is 34.9 Å². The van der Waals surface area contributed by atoms with Crippen molar-refractivity contribution in [3.8, 4) is 0 Å². The number of nitrogens with zero attached hydrogens (tertiary/aromatic N) is 5. The zero-order valence-corrected chi connectivity index (χ0v) is 21.1. The first-order chi connectivity index (χ1) is 18.1. The quantitative estimate of drug-likeness (QED) is 0.429. The molecule has 2 aliphatic rings. The first kappa shape index (κ1) is 26.2. The van der Waals surface area contributed by atoms with Gasteiger partial charge in [-0.25, -0.2) is 0 Å². The van der Waals surface area contributed by atoms with Gasteiger partial charge in [0.15, 0.2) is 17.5 Å². The number of halogens is 4. The molecule has 5 heterocycles. The largest absolute Gasteiger partial charge is 0.459 e. The topological polar surface area (TPSA) is 123 Å². The van der Waals surface area contributed by atoms with Crippen LogP contribution in [0.5, 0.6) is 0 Å². The van der Waals surface area contributed by atoms with Gasteiger partial charge in [0.25, 0.3) is 0 Å². The summed E-state index contributed by atoms with van der Waals surface area (Å²) in [5.74, 6) is -5.75. The Morgan fingerprint density at radius 1 is 1.21 bits per heavy atom. The maximum Gasteiger partial charge on any atom is 0.402 e. The van der Waals surface area contributed by atoms with E-state index in [1.165, 1.54) is 34.6 Å². The fraction of sp³-hybridized carbons (Fsp3) is 0.409. The summed E-state index contributed by atoms with van der Waals surface area (Å²) in [6, 6.07) is 4.54. The zero-order chi connectivity index (χ0) is 27.0. The molecular weight excluding hydrogens is 553 g/mol. The molecule has 2 atom stereocenters. The number of rotatable bonds is 7. The standard InChI is InChI=1S/C22H20ClF3N6O5S/c23-14-4-3-12(38-14)10-27-21-28-18(29-32(21)19(34)13-2-1-7-37-13)17-16(22(24,25)26)20(35)31(17)11-15(33)30-5-8-36-9-6-30/h1-4,7,16-17H,5-6,8-11H2,(H,27,28,29). The molecule has 2 unspecified atom stereocenters. The number of β-lactam (4-membered cyclic amide) rings is 1. The molecule has 3 aromatic heterocycles. The highest BCUT2D eigenvalue weighted by Crippen LogP contribution is 2.48. The minimum atomic E-state index is -4.92. The van der Waals surface area contributed by atoms with Crippen LogP contribution in [0.1, 0.15) is 27.3 Å². The fourth-order valence-electron chi connectivity index (χ4n) is 4.22. The van der Waals surface area contributed by atoms with Gasteiger partial charge in [-0.1, -0.05) is 11.6 Å². The summed E-state index contributed by atoms with van der Waals surface area (Å²) >= 11 is 7.22. The minimum absolute atomic E-state index is 0.125. The molecule has 2 fully saturated rings. The average molecular weight is 573 g/mol. The molecule has 5 rings (SSSR count). The van der Waals surface area contributed by atoms with Crippen LogP contribution >= 0.6 is 22.9 Å². The molecule has 3 aromatic rings. The lowest BCUT2D eigenvalue weighted by Gasteiger charge is -2.46. The van der Waals surface area contributed by atoms with Gasteiger partial charge in [0.05, 0.1) is 30.4 Å². The summed E-state index contributed by atoms with van der Waals surface area (Å²) in [5, 5.41) is 6.93. The Hall–Kier alpha value is -3.43. The van der Waals surface area contributed by atoms with E-state index in [9.17, 15) is 27.6 Å². The molecular formula is C22H20ClF3N6O5S. The monoisotopic (exact) mass is 572 g/mol. The zero-order valence-electron chi connectivity index (χ0n) is 19.5. The summed E-state index contributed by atoms with van der Waals surface area (Å²) < 4.78 is 53.3. The van der Waals surface area contributed by atoms with Gasteiger partial charge in [0.2, 0.25) is 17.8 Å². The molecule has 0 aromatic carbocycles. The third kappa shape index (κ3) is 5.13. The van der Waals surface area contributed by atoms with Gasteiger partial charge in [-0.2, -0.15) is 22.8 Å². The second-order valence-electron chi connectivity index (χ2n) is 8.47. The number of ether oxygens (including phenoxy) is 1. The molecule has 0 aliphatic carbocycles. The number of hydrogen-bond acceptors (Lipinski definition) is 9. The SMILES string of the molecule is O=C(CN1C(=O)C(C(F)(F)F)C1c1nc(NCc2ccc(Cl)s2)n(C(=O)c2ccco2)n1)N1CCOCC1. The molecule has 2 aliphatic heterocycles. The first-order valence-corrected chi connectivity index (χ1v) is 12.6. The van der Waals surface area contributed by atoms with Gasteiger partial charge in [0.1, 0.15) is 12.6 Å². The van der Waals surface area contributed by atoms with E-state index in [1.54, 1.807) is 12.1 Å². The van der Waals surface area contributed by atoms with Crippen LogP contribution in [-0.2, 0) is 20.9 Å². The molecule has 2 amide bonds. The number of morpholine rings is 1. The number of hydrogen-bond donors (Lipinski definition) is 1. The maximum atomic E-state index is 13.9. The fourth-order valence-corrected chi connectivity index (χ4v) is 5.24. The van der Waals surface area contributed by atoms with E-state index in [1.807, 2.05) is 0 Å². The summed E-state index contributed by atoms with van der Waals surface area (Å²) in [6.45, 7) is 0.665. The van der Waals surface area contributed by atoms with Crippen LogP contribution < -0.4 is 5.32 Å². The molecule has 38 heavy (non-hydrogen) atoms.